The first-order chi connectivity index (χ1) is 12.2. The number of benzene rings is 2. The van der Waals surface area contributed by atoms with E-state index in [0.717, 1.165) is 40.6 Å². The van der Waals surface area contributed by atoms with Gasteiger partial charge in [0.2, 0.25) is 0 Å². The predicted molar refractivity (Wildman–Crippen MR) is 97.7 cm³/mol. The number of hydrogen-bond acceptors (Lipinski definition) is 5. The van der Waals surface area contributed by atoms with Gasteiger partial charge in [0, 0.05) is 17.6 Å². The Morgan fingerprint density at radius 2 is 1.40 bits per heavy atom. The monoisotopic (exact) mass is 405 g/mol. The highest BCUT2D eigenvalue weighted by Gasteiger charge is 2.16. The molecule has 6 heteroatoms. The van der Waals surface area contributed by atoms with E-state index in [-0.39, 0.29) is 0 Å². The van der Waals surface area contributed by atoms with Gasteiger partial charge in [-0.2, -0.15) is 0 Å². The Labute approximate surface area is 155 Å². The zero-order valence-corrected chi connectivity index (χ0v) is 15.7. The SMILES string of the molecule is CN(Cc1ccc2c(c1)OCCO2)Cc1cc2c(cc1Br)OCCO2. The van der Waals surface area contributed by atoms with Crippen molar-refractivity contribution in [2.24, 2.45) is 0 Å². The van der Waals surface area contributed by atoms with E-state index < -0.39 is 0 Å². The van der Waals surface area contributed by atoms with Gasteiger partial charge in [-0.25, -0.2) is 0 Å². The van der Waals surface area contributed by atoms with E-state index in [9.17, 15) is 0 Å². The highest BCUT2D eigenvalue weighted by molar-refractivity contribution is 9.10. The number of nitrogens with zero attached hydrogens (tertiary/aromatic N) is 1. The third-order valence-corrected chi connectivity index (χ3v) is 4.95. The molecule has 25 heavy (non-hydrogen) atoms. The average Bonchev–Trinajstić information content (AvgIpc) is 2.62. The molecule has 0 saturated heterocycles. The number of ether oxygens (including phenoxy) is 4. The van der Waals surface area contributed by atoms with Gasteiger partial charge >= 0.3 is 0 Å². The number of halogens is 1. The fraction of sp³-hybridized carbons (Fsp3) is 0.368. The Hall–Kier alpha value is -1.92. The van der Waals surface area contributed by atoms with Crippen LogP contribution in [-0.2, 0) is 13.1 Å². The van der Waals surface area contributed by atoms with Gasteiger partial charge in [-0.15, -0.1) is 0 Å². The minimum absolute atomic E-state index is 0.598. The van der Waals surface area contributed by atoms with Crippen molar-refractivity contribution in [2.45, 2.75) is 13.1 Å². The summed E-state index contributed by atoms with van der Waals surface area (Å²) in [6.45, 7) is 4.04. The Bertz CT molecular complexity index is 780. The molecular formula is C19H20BrNO4. The third-order valence-electron chi connectivity index (χ3n) is 4.21. The van der Waals surface area contributed by atoms with Crippen molar-refractivity contribution in [3.05, 3.63) is 45.9 Å². The van der Waals surface area contributed by atoms with Crippen molar-refractivity contribution in [3.8, 4) is 23.0 Å². The smallest absolute Gasteiger partial charge is 0.162 e. The van der Waals surface area contributed by atoms with E-state index in [2.05, 4.69) is 46.1 Å². The van der Waals surface area contributed by atoms with Crippen LogP contribution in [0.3, 0.4) is 0 Å². The lowest BCUT2D eigenvalue weighted by molar-refractivity contribution is 0.170. The Morgan fingerprint density at radius 1 is 0.800 bits per heavy atom. The van der Waals surface area contributed by atoms with Crippen LogP contribution in [0.4, 0.5) is 0 Å². The van der Waals surface area contributed by atoms with Crippen LogP contribution in [0, 0.1) is 0 Å². The van der Waals surface area contributed by atoms with Crippen molar-refractivity contribution >= 4 is 15.9 Å². The first-order valence-electron chi connectivity index (χ1n) is 8.34. The zero-order valence-electron chi connectivity index (χ0n) is 14.1. The Morgan fingerprint density at radius 3 is 2.12 bits per heavy atom. The molecule has 0 unspecified atom stereocenters. The molecule has 0 fully saturated rings. The molecule has 2 heterocycles. The van der Waals surface area contributed by atoms with Crippen LogP contribution >= 0.6 is 15.9 Å². The van der Waals surface area contributed by atoms with Crippen LogP contribution in [0.15, 0.2) is 34.8 Å². The molecule has 5 nitrogen and oxygen atoms in total. The van der Waals surface area contributed by atoms with Gasteiger partial charge in [0.05, 0.1) is 0 Å². The molecular weight excluding hydrogens is 386 g/mol. The maximum Gasteiger partial charge on any atom is 0.162 e. The summed E-state index contributed by atoms with van der Waals surface area (Å²) >= 11 is 3.64. The van der Waals surface area contributed by atoms with Crippen LogP contribution in [0.2, 0.25) is 0 Å². The lowest BCUT2D eigenvalue weighted by atomic mass is 10.1. The molecule has 0 amide bonds. The van der Waals surface area contributed by atoms with E-state index in [1.54, 1.807) is 0 Å². The summed E-state index contributed by atoms with van der Waals surface area (Å²) < 4.78 is 23.6. The summed E-state index contributed by atoms with van der Waals surface area (Å²) in [7, 11) is 2.10. The van der Waals surface area contributed by atoms with Crippen LogP contribution in [0.5, 0.6) is 23.0 Å². The number of hydrogen-bond donors (Lipinski definition) is 0. The zero-order chi connectivity index (χ0) is 17.2. The van der Waals surface area contributed by atoms with E-state index in [1.807, 2.05) is 12.1 Å². The lowest BCUT2D eigenvalue weighted by Gasteiger charge is -2.23. The highest BCUT2D eigenvalue weighted by atomic mass is 79.9. The number of fused-ring (bicyclic) bond motifs is 2. The molecule has 0 bridgehead atoms. The van der Waals surface area contributed by atoms with Crippen molar-refractivity contribution in [2.75, 3.05) is 33.5 Å². The molecule has 4 rings (SSSR count). The van der Waals surface area contributed by atoms with E-state index in [4.69, 9.17) is 18.9 Å². The lowest BCUT2D eigenvalue weighted by Crippen LogP contribution is -2.20. The maximum absolute atomic E-state index is 5.69. The van der Waals surface area contributed by atoms with Crippen LogP contribution in [0.25, 0.3) is 0 Å². The molecule has 2 aromatic rings. The quantitative estimate of drug-likeness (QED) is 0.776. The molecule has 0 aromatic heterocycles. The fourth-order valence-electron chi connectivity index (χ4n) is 3.07. The molecule has 2 aliphatic heterocycles. The molecule has 0 spiro atoms. The maximum atomic E-state index is 5.69. The van der Waals surface area contributed by atoms with Crippen molar-refractivity contribution in [1.29, 1.82) is 0 Å². The third kappa shape index (κ3) is 3.70. The van der Waals surface area contributed by atoms with Crippen molar-refractivity contribution in [3.63, 3.8) is 0 Å². The molecule has 0 aliphatic carbocycles. The summed E-state index contributed by atoms with van der Waals surface area (Å²) in [5.41, 5.74) is 2.37. The second-order valence-electron chi connectivity index (χ2n) is 6.24. The van der Waals surface area contributed by atoms with Crippen LogP contribution in [0.1, 0.15) is 11.1 Å². The molecule has 0 saturated carbocycles. The topological polar surface area (TPSA) is 40.2 Å². The Balaban J connectivity index is 1.46. The van der Waals surface area contributed by atoms with Crippen molar-refractivity contribution in [1.82, 2.24) is 4.90 Å². The molecule has 2 aliphatic rings. The summed E-state index contributed by atoms with van der Waals surface area (Å²) in [6.07, 6.45) is 0. The van der Waals surface area contributed by atoms with Crippen LogP contribution in [-0.4, -0.2) is 38.4 Å². The first kappa shape index (κ1) is 16.5. The van der Waals surface area contributed by atoms with Gasteiger partial charge in [0.1, 0.15) is 26.4 Å². The molecule has 2 aromatic carbocycles. The second kappa shape index (κ2) is 7.14. The normalized spacial score (nSPS) is 15.3. The summed E-state index contributed by atoms with van der Waals surface area (Å²) in [6, 6.07) is 10.2. The molecule has 132 valence electrons. The summed E-state index contributed by atoms with van der Waals surface area (Å²) in [4.78, 5) is 2.25. The fourth-order valence-corrected chi connectivity index (χ4v) is 3.52. The highest BCUT2D eigenvalue weighted by Crippen LogP contribution is 2.36. The van der Waals surface area contributed by atoms with Gasteiger partial charge in [-0.3, -0.25) is 4.90 Å². The standard InChI is InChI=1S/C19H20BrNO4/c1-21(11-13-2-3-16-17(8-13)23-5-4-22-16)12-14-9-18-19(10-15(14)20)25-7-6-24-18/h2-3,8-10H,4-7,11-12H2,1H3. The summed E-state index contributed by atoms with van der Waals surface area (Å²) in [5, 5.41) is 0. The molecule has 0 atom stereocenters. The Kier molecular flexibility index (Phi) is 4.72. The van der Waals surface area contributed by atoms with E-state index >= 15 is 0 Å². The first-order valence-corrected chi connectivity index (χ1v) is 9.13. The minimum atomic E-state index is 0.598. The van der Waals surface area contributed by atoms with E-state index in [1.165, 1.54) is 11.1 Å². The van der Waals surface area contributed by atoms with Gasteiger partial charge in [-0.05, 0) is 42.4 Å². The molecule has 0 radical (unpaired) electrons. The number of rotatable bonds is 4. The van der Waals surface area contributed by atoms with Gasteiger partial charge in [-0.1, -0.05) is 22.0 Å². The van der Waals surface area contributed by atoms with Gasteiger partial charge < -0.3 is 18.9 Å². The minimum Gasteiger partial charge on any atom is -0.486 e. The second-order valence-corrected chi connectivity index (χ2v) is 7.09. The van der Waals surface area contributed by atoms with Crippen LogP contribution < -0.4 is 18.9 Å². The average molecular weight is 406 g/mol. The largest absolute Gasteiger partial charge is 0.486 e. The summed E-state index contributed by atoms with van der Waals surface area (Å²) in [5.74, 6) is 3.28. The predicted octanol–water partition coefficient (Wildman–Crippen LogP) is 3.62. The van der Waals surface area contributed by atoms with Gasteiger partial charge in [0.15, 0.2) is 23.0 Å². The van der Waals surface area contributed by atoms with Crippen molar-refractivity contribution < 1.29 is 18.9 Å². The van der Waals surface area contributed by atoms with Gasteiger partial charge in [0.25, 0.3) is 0 Å². The van der Waals surface area contributed by atoms with E-state index in [0.29, 0.717) is 26.4 Å². The molecule has 0 N–H and O–H groups in total.